The number of nitrogens with one attached hydrogen (secondary N) is 1. The first-order valence-electron chi connectivity index (χ1n) is 11.4. The maximum atomic E-state index is 13.5. The summed E-state index contributed by atoms with van der Waals surface area (Å²) in [6.45, 7) is 5.85. The predicted octanol–water partition coefficient (Wildman–Crippen LogP) is 3.65. The van der Waals surface area contributed by atoms with Crippen molar-refractivity contribution in [3.8, 4) is 5.69 Å². The zero-order valence-corrected chi connectivity index (χ0v) is 18.4. The molecule has 2 atom stereocenters. The molecule has 6 rings (SSSR count). The number of benzene rings is 2. The Morgan fingerprint density at radius 1 is 0.909 bits per heavy atom. The summed E-state index contributed by atoms with van der Waals surface area (Å²) in [5, 5.41) is 7.54. The quantitative estimate of drug-likeness (QED) is 0.638. The largest absolute Gasteiger partial charge is 0.378 e. The molecule has 0 spiro atoms. The van der Waals surface area contributed by atoms with E-state index in [1.165, 1.54) is 41.7 Å². The molecule has 3 aliphatic rings. The van der Waals surface area contributed by atoms with Crippen molar-refractivity contribution in [3.63, 3.8) is 0 Å². The van der Waals surface area contributed by atoms with E-state index in [2.05, 4.69) is 44.3 Å². The minimum absolute atomic E-state index is 0.279. The first-order valence-corrected chi connectivity index (χ1v) is 11.4. The molecular formula is C24H26F2N6O. The van der Waals surface area contributed by atoms with Crippen molar-refractivity contribution in [2.24, 2.45) is 0 Å². The third kappa shape index (κ3) is 3.95. The van der Waals surface area contributed by atoms with Crippen molar-refractivity contribution in [3.05, 3.63) is 59.9 Å². The van der Waals surface area contributed by atoms with Crippen molar-refractivity contribution in [2.45, 2.75) is 37.9 Å². The van der Waals surface area contributed by atoms with Gasteiger partial charge in [0.25, 0.3) is 0 Å². The van der Waals surface area contributed by atoms with Crippen LogP contribution in [0.15, 0.2) is 42.7 Å². The SMILES string of the molecule is Cc1cc(Nc2ncn(-c3cc(F)cc(F)c3)n2)cc(N2CC(N3C4CCC3COC4)C2)c1. The third-order valence-electron chi connectivity index (χ3n) is 6.87. The molecule has 3 aliphatic heterocycles. The fourth-order valence-electron chi connectivity index (χ4n) is 5.37. The summed E-state index contributed by atoms with van der Waals surface area (Å²) >= 11 is 0. The fraction of sp³-hybridized carbons (Fsp3) is 0.417. The van der Waals surface area contributed by atoms with E-state index >= 15 is 0 Å². The highest BCUT2D eigenvalue weighted by Gasteiger charge is 2.45. The molecule has 9 heteroatoms. The van der Waals surface area contributed by atoms with Gasteiger partial charge < -0.3 is 15.0 Å². The molecule has 0 saturated carbocycles. The highest BCUT2D eigenvalue weighted by atomic mass is 19.1. The molecule has 0 aliphatic carbocycles. The lowest BCUT2D eigenvalue weighted by molar-refractivity contribution is -0.0416. The molecule has 172 valence electrons. The topological polar surface area (TPSA) is 58.5 Å². The Labute approximate surface area is 191 Å². The van der Waals surface area contributed by atoms with Crippen LogP contribution >= 0.6 is 0 Å². The molecule has 0 radical (unpaired) electrons. The molecule has 2 bridgehead atoms. The van der Waals surface area contributed by atoms with E-state index in [4.69, 9.17) is 4.74 Å². The predicted molar refractivity (Wildman–Crippen MR) is 121 cm³/mol. The van der Waals surface area contributed by atoms with Crippen LogP contribution in [-0.2, 0) is 4.74 Å². The van der Waals surface area contributed by atoms with Gasteiger partial charge in [-0.05, 0) is 55.7 Å². The second kappa shape index (κ2) is 8.07. The number of aromatic nitrogens is 3. The number of rotatable bonds is 5. The molecule has 2 unspecified atom stereocenters. The second-order valence-electron chi connectivity index (χ2n) is 9.25. The lowest BCUT2D eigenvalue weighted by Gasteiger charge is -2.50. The molecule has 33 heavy (non-hydrogen) atoms. The zero-order valence-electron chi connectivity index (χ0n) is 18.4. The maximum absolute atomic E-state index is 13.5. The van der Waals surface area contributed by atoms with E-state index in [0.717, 1.165) is 43.6 Å². The van der Waals surface area contributed by atoms with Crippen molar-refractivity contribution < 1.29 is 13.5 Å². The summed E-state index contributed by atoms with van der Waals surface area (Å²) in [7, 11) is 0. The van der Waals surface area contributed by atoms with Crippen LogP contribution in [0.2, 0.25) is 0 Å². The van der Waals surface area contributed by atoms with Crippen molar-refractivity contribution >= 4 is 17.3 Å². The van der Waals surface area contributed by atoms with Gasteiger partial charge in [0.05, 0.1) is 18.9 Å². The van der Waals surface area contributed by atoms with Crippen LogP contribution in [0.1, 0.15) is 18.4 Å². The van der Waals surface area contributed by atoms with Crippen LogP contribution < -0.4 is 10.2 Å². The lowest BCUT2D eigenvalue weighted by atomic mass is 10.0. The van der Waals surface area contributed by atoms with Crippen molar-refractivity contribution in [1.82, 2.24) is 19.7 Å². The maximum Gasteiger partial charge on any atom is 0.246 e. The van der Waals surface area contributed by atoms with Gasteiger partial charge in [-0.1, -0.05) is 0 Å². The average Bonchev–Trinajstić information content (AvgIpc) is 3.27. The summed E-state index contributed by atoms with van der Waals surface area (Å²) in [6, 6.07) is 11.3. The molecular weight excluding hydrogens is 426 g/mol. The molecule has 3 aromatic rings. The molecule has 3 saturated heterocycles. The highest BCUT2D eigenvalue weighted by molar-refractivity contribution is 5.65. The second-order valence-corrected chi connectivity index (χ2v) is 9.25. The van der Waals surface area contributed by atoms with Crippen LogP contribution in [0.3, 0.4) is 0 Å². The van der Waals surface area contributed by atoms with E-state index < -0.39 is 11.6 Å². The number of ether oxygens (including phenoxy) is 1. The van der Waals surface area contributed by atoms with E-state index in [1.807, 2.05) is 6.07 Å². The van der Waals surface area contributed by atoms with Crippen molar-refractivity contribution in [2.75, 3.05) is 36.5 Å². The molecule has 4 heterocycles. The van der Waals surface area contributed by atoms with Gasteiger partial charge in [0.2, 0.25) is 5.95 Å². The minimum Gasteiger partial charge on any atom is -0.378 e. The summed E-state index contributed by atoms with van der Waals surface area (Å²) in [4.78, 5) is 9.34. The number of halogens is 2. The molecule has 7 nitrogen and oxygen atoms in total. The number of morpholine rings is 1. The highest BCUT2D eigenvalue weighted by Crippen LogP contribution is 2.36. The van der Waals surface area contributed by atoms with Gasteiger partial charge in [-0.25, -0.2) is 13.5 Å². The Bertz CT molecular complexity index is 1140. The van der Waals surface area contributed by atoms with Gasteiger partial charge in [-0.15, -0.1) is 5.10 Å². The summed E-state index contributed by atoms with van der Waals surface area (Å²) in [5.74, 6) is -0.949. The number of hydrogen-bond donors (Lipinski definition) is 1. The smallest absolute Gasteiger partial charge is 0.246 e. The van der Waals surface area contributed by atoms with Crippen LogP contribution in [0.5, 0.6) is 0 Å². The Morgan fingerprint density at radius 3 is 2.36 bits per heavy atom. The summed E-state index contributed by atoms with van der Waals surface area (Å²) < 4.78 is 34.1. The van der Waals surface area contributed by atoms with E-state index in [0.29, 0.717) is 24.1 Å². The van der Waals surface area contributed by atoms with Gasteiger partial charge in [0.15, 0.2) is 0 Å². The molecule has 0 amide bonds. The molecule has 1 aromatic heterocycles. The fourth-order valence-corrected chi connectivity index (χ4v) is 5.37. The number of aryl methyl sites for hydroxylation is 1. The monoisotopic (exact) mass is 452 g/mol. The molecule has 3 fully saturated rings. The zero-order chi connectivity index (χ0) is 22.5. The van der Waals surface area contributed by atoms with Crippen molar-refractivity contribution in [1.29, 1.82) is 0 Å². The number of nitrogens with zero attached hydrogens (tertiary/aromatic N) is 5. The van der Waals surface area contributed by atoms with E-state index in [-0.39, 0.29) is 5.69 Å². The van der Waals surface area contributed by atoms with Crippen LogP contribution in [-0.4, -0.2) is 64.1 Å². The van der Waals surface area contributed by atoms with Crippen LogP contribution in [0.25, 0.3) is 5.69 Å². The third-order valence-corrected chi connectivity index (χ3v) is 6.87. The number of hydrogen-bond acceptors (Lipinski definition) is 6. The Morgan fingerprint density at radius 2 is 1.64 bits per heavy atom. The van der Waals surface area contributed by atoms with Gasteiger partial charge in [-0.3, -0.25) is 4.90 Å². The molecule has 1 N–H and O–H groups in total. The van der Waals surface area contributed by atoms with Crippen LogP contribution in [0.4, 0.5) is 26.1 Å². The Hall–Kier alpha value is -3.04. The van der Waals surface area contributed by atoms with Gasteiger partial charge in [-0.2, -0.15) is 4.98 Å². The van der Waals surface area contributed by atoms with Gasteiger partial charge in [0.1, 0.15) is 18.0 Å². The summed E-state index contributed by atoms with van der Waals surface area (Å²) in [6.07, 6.45) is 3.94. The van der Waals surface area contributed by atoms with Crippen LogP contribution in [0, 0.1) is 18.6 Å². The molecule has 2 aromatic carbocycles. The Balaban J connectivity index is 1.15. The normalized spacial score (nSPS) is 23.1. The minimum atomic E-state index is -0.656. The van der Waals surface area contributed by atoms with E-state index in [9.17, 15) is 8.78 Å². The van der Waals surface area contributed by atoms with Gasteiger partial charge >= 0.3 is 0 Å². The standard InChI is InChI=1S/C24H26F2N6O/c1-15-4-18(28-24-27-14-31(29-24)22-7-16(25)6-17(26)8-22)9-21(5-15)30-10-23(11-30)32-19-2-3-20(32)13-33-12-19/h4-9,14,19-20,23H,2-3,10-13H2,1H3,(H,28,29). The van der Waals surface area contributed by atoms with E-state index in [1.54, 1.807) is 0 Å². The lowest BCUT2D eigenvalue weighted by Crippen LogP contribution is -2.64. The first-order chi connectivity index (χ1) is 16.0. The summed E-state index contributed by atoms with van der Waals surface area (Å²) in [5.41, 5.74) is 3.46. The first kappa shape index (κ1) is 20.6. The Kier molecular flexibility index (Phi) is 5.03. The average molecular weight is 453 g/mol. The number of fused-ring (bicyclic) bond motifs is 2. The van der Waals surface area contributed by atoms with Gasteiger partial charge in [0, 0.05) is 48.7 Å². The number of anilines is 3.